The number of nitrogens with zero attached hydrogens (tertiary/aromatic N) is 3. The summed E-state index contributed by atoms with van der Waals surface area (Å²) in [4.78, 5) is 12.3. The summed E-state index contributed by atoms with van der Waals surface area (Å²) < 4.78 is 7.73. The van der Waals surface area contributed by atoms with Gasteiger partial charge in [0.2, 0.25) is 0 Å². The molecule has 3 aromatic rings. The maximum atomic E-state index is 12.3. The number of phenols is 1. The van der Waals surface area contributed by atoms with Gasteiger partial charge in [-0.2, -0.15) is 10.2 Å². The van der Waals surface area contributed by atoms with Crippen molar-refractivity contribution >= 4 is 28.1 Å². The van der Waals surface area contributed by atoms with Gasteiger partial charge in [0.1, 0.15) is 0 Å². The lowest BCUT2D eigenvalue weighted by Crippen LogP contribution is -2.17. The van der Waals surface area contributed by atoms with Crippen LogP contribution in [0.15, 0.2) is 52.0 Å². The van der Waals surface area contributed by atoms with Crippen LogP contribution in [0.1, 0.15) is 32.9 Å². The van der Waals surface area contributed by atoms with Gasteiger partial charge in [-0.3, -0.25) is 9.48 Å². The van der Waals surface area contributed by atoms with E-state index in [9.17, 15) is 9.90 Å². The highest BCUT2D eigenvalue weighted by Gasteiger charge is 2.09. The molecule has 0 fully saturated rings. The number of methoxy groups -OCH3 is 1. The van der Waals surface area contributed by atoms with Crippen LogP contribution in [-0.4, -0.2) is 34.1 Å². The molecule has 0 spiro atoms. The SMILES string of the molecule is COc1cc(Br)cc(/C=N/NC(=O)c2ccc(Cn3nc(C)cc3C)cc2)c1O. The molecule has 150 valence electrons. The first-order chi connectivity index (χ1) is 13.9. The van der Waals surface area contributed by atoms with E-state index in [0.717, 1.165) is 21.4 Å². The van der Waals surface area contributed by atoms with Gasteiger partial charge in [-0.05, 0) is 49.7 Å². The number of ether oxygens (including phenoxy) is 1. The van der Waals surface area contributed by atoms with Crippen molar-refractivity contribution in [3.63, 3.8) is 0 Å². The van der Waals surface area contributed by atoms with E-state index in [4.69, 9.17) is 4.74 Å². The summed E-state index contributed by atoms with van der Waals surface area (Å²) >= 11 is 3.34. The summed E-state index contributed by atoms with van der Waals surface area (Å²) in [5, 5.41) is 18.5. The van der Waals surface area contributed by atoms with Crippen molar-refractivity contribution < 1.29 is 14.6 Å². The van der Waals surface area contributed by atoms with E-state index in [2.05, 4.69) is 31.6 Å². The Balaban J connectivity index is 1.65. The number of rotatable bonds is 6. The molecule has 1 amide bonds. The van der Waals surface area contributed by atoms with E-state index < -0.39 is 0 Å². The number of nitrogens with one attached hydrogen (secondary N) is 1. The number of halogens is 1. The van der Waals surface area contributed by atoms with E-state index in [0.29, 0.717) is 23.4 Å². The minimum Gasteiger partial charge on any atom is -0.504 e. The third-order valence-electron chi connectivity index (χ3n) is 4.31. The second kappa shape index (κ2) is 8.91. The molecule has 3 rings (SSSR count). The molecule has 29 heavy (non-hydrogen) atoms. The fourth-order valence-corrected chi connectivity index (χ4v) is 3.30. The van der Waals surface area contributed by atoms with Gasteiger partial charge in [0.05, 0.1) is 25.6 Å². The van der Waals surface area contributed by atoms with Crippen LogP contribution in [0.4, 0.5) is 0 Å². The molecule has 0 aliphatic heterocycles. The van der Waals surface area contributed by atoms with E-state index in [-0.39, 0.29) is 11.7 Å². The summed E-state index contributed by atoms with van der Waals surface area (Å²) in [6, 6.07) is 12.6. The number of benzene rings is 2. The Bertz CT molecular complexity index is 1060. The summed E-state index contributed by atoms with van der Waals surface area (Å²) in [7, 11) is 1.46. The van der Waals surface area contributed by atoms with Crippen LogP contribution >= 0.6 is 15.9 Å². The largest absolute Gasteiger partial charge is 0.504 e. The lowest BCUT2D eigenvalue weighted by Gasteiger charge is -2.07. The highest BCUT2D eigenvalue weighted by molar-refractivity contribution is 9.10. The van der Waals surface area contributed by atoms with Gasteiger partial charge >= 0.3 is 0 Å². The van der Waals surface area contributed by atoms with Crippen molar-refractivity contribution in [2.24, 2.45) is 5.10 Å². The van der Waals surface area contributed by atoms with Gasteiger partial charge in [-0.1, -0.05) is 28.1 Å². The highest BCUT2D eigenvalue weighted by Crippen LogP contribution is 2.32. The lowest BCUT2D eigenvalue weighted by molar-refractivity contribution is 0.0955. The third kappa shape index (κ3) is 5.03. The van der Waals surface area contributed by atoms with E-state index in [1.54, 1.807) is 24.3 Å². The fraction of sp³-hybridized carbons (Fsp3) is 0.190. The Labute approximate surface area is 177 Å². The normalized spacial score (nSPS) is 11.0. The number of aromatic nitrogens is 2. The number of aromatic hydroxyl groups is 1. The van der Waals surface area contributed by atoms with Crippen LogP contribution in [0.25, 0.3) is 0 Å². The number of aryl methyl sites for hydroxylation is 2. The standard InChI is InChI=1S/C21H21BrN4O3/c1-13-8-14(2)26(25-13)12-15-4-6-16(7-5-15)21(28)24-23-11-17-9-18(22)10-19(29-3)20(17)27/h4-11,27H,12H2,1-3H3,(H,24,28)/b23-11+. The number of amides is 1. The third-order valence-corrected chi connectivity index (χ3v) is 4.77. The Morgan fingerprint density at radius 2 is 2.00 bits per heavy atom. The maximum absolute atomic E-state index is 12.3. The predicted molar refractivity (Wildman–Crippen MR) is 115 cm³/mol. The molecule has 0 atom stereocenters. The van der Waals surface area contributed by atoms with Gasteiger partial charge in [-0.15, -0.1) is 0 Å². The molecule has 0 unspecified atom stereocenters. The highest BCUT2D eigenvalue weighted by atomic mass is 79.9. The predicted octanol–water partition coefficient (Wildman–Crippen LogP) is 3.79. The number of hydrogen-bond acceptors (Lipinski definition) is 5. The minimum atomic E-state index is -0.347. The number of carbonyl (C=O) groups is 1. The smallest absolute Gasteiger partial charge is 0.271 e. The van der Waals surface area contributed by atoms with Crippen LogP contribution in [0.2, 0.25) is 0 Å². The summed E-state index contributed by atoms with van der Waals surface area (Å²) in [6.45, 7) is 4.61. The topological polar surface area (TPSA) is 88.7 Å². The van der Waals surface area contributed by atoms with Crippen molar-refractivity contribution in [2.45, 2.75) is 20.4 Å². The van der Waals surface area contributed by atoms with Gasteiger partial charge in [-0.25, -0.2) is 5.43 Å². The monoisotopic (exact) mass is 456 g/mol. The molecule has 0 saturated carbocycles. The van der Waals surface area contributed by atoms with Crippen molar-refractivity contribution in [3.05, 3.63) is 75.0 Å². The van der Waals surface area contributed by atoms with E-state index >= 15 is 0 Å². The van der Waals surface area contributed by atoms with Crippen LogP contribution in [-0.2, 0) is 6.54 Å². The van der Waals surface area contributed by atoms with Crippen molar-refractivity contribution in [1.29, 1.82) is 0 Å². The molecule has 1 heterocycles. The number of hydrazone groups is 1. The second-order valence-corrected chi connectivity index (χ2v) is 7.44. The van der Waals surface area contributed by atoms with Crippen molar-refractivity contribution in [1.82, 2.24) is 15.2 Å². The van der Waals surface area contributed by atoms with Crippen LogP contribution in [0.3, 0.4) is 0 Å². The quantitative estimate of drug-likeness (QED) is 0.436. The van der Waals surface area contributed by atoms with Gasteiger partial charge < -0.3 is 9.84 Å². The Hall–Kier alpha value is -3.13. The first kappa shape index (κ1) is 20.6. The molecule has 0 saturated heterocycles. The molecule has 1 aromatic heterocycles. The fourth-order valence-electron chi connectivity index (χ4n) is 2.84. The zero-order valence-corrected chi connectivity index (χ0v) is 17.9. The van der Waals surface area contributed by atoms with Crippen LogP contribution in [0, 0.1) is 13.8 Å². The number of phenolic OH excluding ortho intramolecular Hbond substituents is 1. The second-order valence-electron chi connectivity index (χ2n) is 6.53. The molecule has 2 aromatic carbocycles. The Kier molecular flexibility index (Phi) is 6.33. The summed E-state index contributed by atoms with van der Waals surface area (Å²) in [6.07, 6.45) is 1.36. The van der Waals surface area contributed by atoms with E-state index in [1.807, 2.05) is 36.7 Å². The summed E-state index contributed by atoms with van der Waals surface area (Å²) in [5.41, 5.74) is 6.46. The van der Waals surface area contributed by atoms with Crippen molar-refractivity contribution in [2.75, 3.05) is 7.11 Å². The average Bonchev–Trinajstić information content (AvgIpc) is 3.01. The van der Waals surface area contributed by atoms with Gasteiger partial charge in [0.15, 0.2) is 11.5 Å². The zero-order valence-electron chi connectivity index (χ0n) is 16.3. The molecule has 7 nitrogen and oxygen atoms in total. The van der Waals surface area contributed by atoms with Crippen molar-refractivity contribution in [3.8, 4) is 11.5 Å². The molecule has 0 radical (unpaired) electrons. The average molecular weight is 457 g/mol. The Morgan fingerprint density at radius 1 is 1.28 bits per heavy atom. The lowest BCUT2D eigenvalue weighted by atomic mass is 10.1. The maximum Gasteiger partial charge on any atom is 0.271 e. The molecular weight excluding hydrogens is 436 g/mol. The van der Waals surface area contributed by atoms with E-state index in [1.165, 1.54) is 13.3 Å². The minimum absolute atomic E-state index is 0.0535. The number of carbonyl (C=O) groups excluding carboxylic acids is 1. The molecule has 8 heteroatoms. The first-order valence-corrected chi connectivity index (χ1v) is 9.66. The Morgan fingerprint density at radius 3 is 2.62 bits per heavy atom. The van der Waals surface area contributed by atoms with Gasteiger partial charge in [0.25, 0.3) is 5.91 Å². The molecule has 0 aliphatic rings. The molecular formula is C21H21BrN4O3. The van der Waals surface area contributed by atoms with Crippen LogP contribution in [0.5, 0.6) is 11.5 Å². The van der Waals surface area contributed by atoms with Gasteiger partial charge in [0, 0.05) is 21.3 Å². The molecule has 2 N–H and O–H groups in total. The molecule has 0 bridgehead atoms. The summed E-state index contributed by atoms with van der Waals surface area (Å²) in [5.74, 6) is -0.0899. The van der Waals surface area contributed by atoms with Crippen LogP contribution < -0.4 is 10.2 Å². The number of hydrogen-bond donors (Lipinski definition) is 2. The zero-order chi connectivity index (χ0) is 21.0. The first-order valence-electron chi connectivity index (χ1n) is 8.87. The molecule has 0 aliphatic carbocycles.